The summed E-state index contributed by atoms with van der Waals surface area (Å²) in [7, 11) is 7.18. The smallest absolute Gasteiger partial charge is 0.421 e. The molecular formula is C32H37NO12. The quantitative estimate of drug-likeness (QED) is 0.291. The first kappa shape index (κ1) is 32.8. The number of ether oxygens (including phenoxy) is 9. The van der Waals surface area contributed by atoms with Crippen molar-refractivity contribution in [1.29, 1.82) is 0 Å². The van der Waals surface area contributed by atoms with Gasteiger partial charge in [-0.15, -0.1) is 0 Å². The third-order valence-corrected chi connectivity index (χ3v) is 7.15. The Hall–Kier alpha value is -5.07. The molecule has 1 amide bonds. The van der Waals surface area contributed by atoms with E-state index >= 15 is 0 Å². The van der Waals surface area contributed by atoms with Gasteiger partial charge in [-0.1, -0.05) is 13.8 Å². The van der Waals surface area contributed by atoms with E-state index in [0.717, 1.165) is 4.90 Å². The lowest BCUT2D eigenvalue weighted by Crippen LogP contribution is -2.49. The molecule has 0 aromatic heterocycles. The van der Waals surface area contributed by atoms with E-state index in [2.05, 4.69) is 0 Å². The predicted octanol–water partition coefficient (Wildman–Crippen LogP) is 4.43. The summed E-state index contributed by atoms with van der Waals surface area (Å²) in [5.74, 6) is -1.95. The zero-order valence-corrected chi connectivity index (χ0v) is 26.2. The molecular weight excluding hydrogens is 590 g/mol. The van der Waals surface area contributed by atoms with Crippen LogP contribution in [0.4, 0.5) is 4.79 Å². The summed E-state index contributed by atoms with van der Waals surface area (Å²) in [4.78, 5) is 41.3. The van der Waals surface area contributed by atoms with Gasteiger partial charge < -0.3 is 42.6 Å². The summed E-state index contributed by atoms with van der Waals surface area (Å²) in [6.07, 6.45) is 1.66. The van der Waals surface area contributed by atoms with Crippen molar-refractivity contribution in [2.75, 3.05) is 42.3 Å². The lowest BCUT2D eigenvalue weighted by Gasteiger charge is -2.35. The van der Waals surface area contributed by atoms with Crippen molar-refractivity contribution in [2.24, 2.45) is 5.92 Å². The Balaban J connectivity index is 1.83. The highest BCUT2D eigenvalue weighted by Gasteiger charge is 2.51. The first-order valence-corrected chi connectivity index (χ1v) is 14.0. The van der Waals surface area contributed by atoms with Crippen LogP contribution in [0.5, 0.6) is 23.0 Å². The Labute approximate surface area is 261 Å². The van der Waals surface area contributed by atoms with E-state index in [0.29, 0.717) is 34.1 Å². The molecule has 2 aromatic carbocycles. The van der Waals surface area contributed by atoms with Gasteiger partial charge in [0.25, 0.3) is 0 Å². The molecule has 0 radical (unpaired) electrons. The first-order valence-electron chi connectivity index (χ1n) is 14.0. The van der Waals surface area contributed by atoms with Crippen molar-refractivity contribution in [3.8, 4) is 23.0 Å². The second-order valence-corrected chi connectivity index (χ2v) is 10.4. The van der Waals surface area contributed by atoms with E-state index in [1.165, 1.54) is 47.9 Å². The number of carbonyl (C=O) groups excluding carboxylic acids is 3. The Morgan fingerprint density at radius 3 is 2.13 bits per heavy atom. The maximum atomic E-state index is 14.2. The SMILES string of the molecule is COC(=O)C(CC(C)C)N(C(=O)OC1(c2ccc(OC)cc2)OC(=O)C=C1Cc1cc(OC)c(OC)c(OC)c1)C1=COCO1. The minimum absolute atomic E-state index is 0.0392. The molecule has 0 fully saturated rings. The van der Waals surface area contributed by atoms with Crippen LogP contribution >= 0.6 is 0 Å². The molecule has 242 valence electrons. The molecule has 0 saturated carbocycles. The summed E-state index contributed by atoms with van der Waals surface area (Å²) < 4.78 is 49.5. The fourth-order valence-electron chi connectivity index (χ4n) is 5.09. The Morgan fingerprint density at radius 2 is 1.62 bits per heavy atom. The molecule has 13 heteroatoms. The average Bonchev–Trinajstić information content (AvgIpc) is 3.67. The summed E-state index contributed by atoms with van der Waals surface area (Å²) >= 11 is 0. The highest BCUT2D eigenvalue weighted by Crippen LogP contribution is 2.45. The van der Waals surface area contributed by atoms with Crippen LogP contribution in [0.15, 0.2) is 60.2 Å². The van der Waals surface area contributed by atoms with Gasteiger partial charge in [-0.05, 0) is 54.3 Å². The topological polar surface area (TPSA) is 138 Å². The van der Waals surface area contributed by atoms with Gasteiger partial charge in [-0.2, -0.15) is 0 Å². The maximum absolute atomic E-state index is 14.2. The van der Waals surface area contributed by atoms with E-state index in [4.69, 9.17) is 42.6 Å². The van der Waals surface area contributed by atoms with E-state index < -0.39 is 29.9 Å². The Bertz CT molecular complexity index is 1440. The number of nitrogens with zero attached hydrogens (tertiary/aromatic N) is 1. The number of cyclic esters (lactones) is 1. The van der Waals surface area contributed by atoms with Gasteiger partial charge in [-0.3, -0.25) is 0 Å². The van der Waals surface area contributed by atoms with Crippen LogP contribution < -0.4 is 18.9 Å². The number of rotatable bonds is 13. The maximum Gasteiger partial charge on any atom is 0.421 e. The molecule has 4 rings (SSSR count). The monoisotopic (exact) mass is 627 g/mol. The highest BCUT2D eigenvalue weighted by atomic mass is 16.8. The molecule has 0 bridgehead atoms. The van der Waals surface area contributed by atoms with Crippen LogP contribution in [0.2, 0.25) is 0 Å². The van der Waals surface area contributed by atoms with Gasteiger partial charge in [0.1, 0.15) is 18.1 Å². The number of hydrogen-bond acceptors (Lipinski definition) is 12. The summed E-state index contributed by atoms with van der Waals surface area (Å²) in [6.45, 7) is 3.59. The van der Waals surface area contributed by atoms with Crippen LogP contribution in [0.25, 0.3) is 0 Å². The third kappa shape index (κ3) is 6.87. The van der Waals surface area contributed by atoms with Gasteiger partial charge in [0.05, 0.1) is 35.5 Å². The van der Waals surface area contributed by atoms with Gasteiger partial charge >= 0.3 is 23.8 Å². The lowest BCUT2D eigenvalue weighted by molar-refractivity contribution is -0.190. The Kier molecular flexibility index (Phi) is 10.3. The van der Waals surface area contributed by atoms with Crippen molar-refractivity contribution in [1.82, 2.24) is 4.90 Å². The molecule has 13 nitrogen and oxygen atoms in total. The highest BCUT2D eigenvalue weighted by molar-refractivity contribution is 5.88. The van der Waals surface area contributed by atoms with Crippen molar-refractivity contribution in [3.05, 3.63) is 71.3 Å². The van der Waals surface area contributed by atoms with E-state index in [1.54, 1.807) is 36.4 Å². The molecule has 2 aromatic rings. The molecule has 2 unspecified atom stereocenters. The molecule has 2 aliphatic rings. The minimum Gasteiger partial charge on any atom is -0.497 e. The summed E-state index contributed by atoms with van der Waals surface area (Å²) in [5, 5.41) is 0. The largest absolute Gasteiger partial charge is 0.497 e. The third-order valence-electron chi connectivity index (χ3n) is 7.15. The molecule has 2 heterocycles. The molecule has 2 atom stereocenters. The molecule has 2 aliphatic heterocycles. The summed E-state index contributed by atoms with van der Waals surface area (Å²) in [6, 6.07) is 8.76. The fourth-order valence-corrected chi connectivity index (χ4v) is 5.09. The van der Waals surface area contributed by atoms with E-state index in [-0.39, 0.29) is 37.0 Å². The minimum atomic E-state index is -2.06. The van der Waals surface area contributed by atoms with Gasteiger partial charge in [-0.25, -0.2) is 19.3 Å². The number of methoxy groups -OCH3 is 5. The number of carbonyl (C=O) groups is 3. The van der Waals surface area contributed by atoms with Crippen LogP contribution in [0, 0.1) is 5.92 Å². The van der Waals surface area contributed by atoms with Crippen LogP contribution in [0.3, 0.4) is 0 Å². The fraction of sp³-hybridized carbons (Fsp3) is 0.406. The predicted molar refractivity (Wildman–Crippen MR) is 157 cm³/mol. The Morgan fingerprint density at radius 1 is 0.956 bits per heavy atom. The number of hydrogen-bond donors (Lipinski definition) is 0. The first-order chi connectivity index (χ1) is 21.6. The van der Waals surface area contributed by atoms with Crippen molar-refractivity contribution in [3.63, 3.8) is 0 Å². The standard InChI is InChI=1S/C32H37NO12/c1-19(2)12-24(30(35)41-7)33(27-17-42-18-43-27)31(36)45-32(21-8-10-23(37-3)11-9-21)22(16-28(34)44-32)13-20-14-25(38-4)29(40-6)26(15-20)39-5/h8-11,14-17,19,24H,12-13,18H2,1-7H3. The zero-order valence-electron chi connectivity index (χ0n) is 26.2. The van der Waals surface area contributed by atoms with Crippen molar-refractivity contribution >= 4 is 18.0 Å². The average molecular weight is 628 g/mol. The van der Waals surface area contributed by atoms with Crippen molar-refractivity contribution < 1.29 is 57.0 Å². The van der Waals surface area contributed by atoms with E-state index in [1.807, 2.05) is 13.8 Å². The van der Waals surface area contributed by atoms with Gasteiger partial charge in [0.15, 0.2) is 11.5 Å². The molecule has 0 saturated heterocycles. The normalized spacial score (nSPS) is 17.6. The second-order valence-electron chi connectivity index (χ2n) is 10.4. The second kappa shape index (κ2) is 14.1. The van der Waals surface area contributed by atoms with Crippen LogP contribution in [0.1, 0.15) is 31.4 Å². The molecule has 45 heavy (non-hydrogen) atoms. The van der Waals surface area contributed by atoms with Crippen LogP contribution in [-0.4, -0.2) is 71.3 Å². The molecule has 0 N–H and O–H groups in total. The molecule has 0 spiro atoms. The lowest BCUT2D eigenvalue weighted by atomic mass is 9.92. The molecule has 0 aliphatic carbocycles. The van der Waals surface area contributed by atoms with Crippen molar-refractivity contribution in [2.45, 2.75) is 38.5 Å². The number of benzene rings is 2. The zero-order chi connectivity index (χ0) is 32.7. The number of esters is 2. The van der Waals surface area contributed by atoms with Gasteiger partial charge in [0, 0.05) is 23.6 Å². The van der Waals surface area contributed by atoms with Crippen LogP contribution in [-0.2, 0) is 45.5 Å². The summed E-state index contributed by atoms with van der Waals surface area (Å²) in [5.41, 5.74) is 1.20. The van der Waals surface area contributed by atoms with E-state index in [9.17, 15) is 14.4 Å². The number of amides is 1. The van der Waals surface area contributed by atoms with Gasteiger partial charge in [0.2, 0.25) is 18.4 Å².